The Morgan fingerprint density at radius 2 is 1.79 bits per heavy atom. The molecule has 3 heterocycles. The monoisotopic (exact) mass is 394 g/mol. The molecule has 2 aliphatic rings. The van der Waals surface area contributed by atoms with Gasteiger partial charge in [-0.3, -0.25) is 9.88 Å². The van der Waals surface area contributed by atoms with Crippen LogP contribution in [0.3, 0.4) is 0 Å². The number of sulfone groups is 1. The fourth-order valence-corrected chi connectivity index (χ4v) is 6.59. The molecule has 28 heavy (non-hydrogen) atoms. The number of hydrogen-bond donors (Lipinski definition) is 0. The van der Waals surface area contributed by atoms with E-state index in [1.807, 2.05) is 30.3 Å². The number of likely N-dealkylation sites (tertiary alicyclic amines) is 1. The fraction of sp³-hybridized carbons (Fsp3) is 0.227. The predicted molar refractivity (Wildman–Crippen MR) is 105 cm³/mol. The number of pyridine rings is 1. The zero-order valence-electron chi connectivity index (χ0n) is 15.1. The van der Waals surface area contributed by atoms with Gasteiger partial charge in [0.2, 0.25) is 0 Å². The quantitative estimate of drug-likeness (QED) is 0.681. The fourth-order valence-electron chi connectivity index (χ4n) is 4.40. The predicted octanol–water partition coefficient (Wildman–Crippen LogP) is 3.64. The first kappa shape index (κ1) is 17.5. The number of fused-ring (bicyclic) bond motifs is 3. The van der Waals surface area contributed by atoms with Crippen molar-refractivity contribution < 1.29 is 12.8 Å². The van der Waals surface area contributed by atoms with Crippen molar-refractivity contribution in [3.8, 4) is 11.1 Å². The third-order valence-corrected chi connectivity index (χ3v) is 8.01. The molecule has 1 fully saturated rings. The van der Waals surface area contributed by atoms with Crippen LogP contribution in [-0.2, 0) is 16.4 Å². The average molecular weight is 394 g/mol. The maximum atomic E-state index is 13.2. The van der Waals surface area contributed by atoms with Gasteiger partial charge in [-0.25, -0.2) is 12.8 Å². The molecule has 2 aromatic carbocycles. The molecule has 4 nitrogen and oxygen atoms in total. The van der Waals surface area contributed by atoms with Gasteiger partial charge in [0.05, 0.1) is 15.8 Å². The number of nitrogens with zero attached hydrogens (tertiary/aromatic N) is 2. The van der Waals surface area contributed by atoms with Gasteiger partial charge in [0.1, 0.15) is 5.82 Å². The Morgan fingerprint density at radius 1 is 1.00 bits per heavy atom. The zero-order chi connectivity index (χ0) is 19.3. The Bertz CT molecular complexity index is 1130. The van der Waals surface area contributed by atoms with E-state index in [-0.39, 0.29) is 11.7 Å². The lowest BCUT2D eigenvalue weighted by Crippen LogP contribution is -2.26. The Balaban J connectivity index is 1.48. The molecule has 5 rings (SSSR count). The standard InChI is InChI=1S/C22H19FN2O2S/c23-17-7-4-15(5-8-17)16-6-9-21-19(11-16)20-13-25(14-22(20)28(21,26)27)12-18-3-1-2-10-24-18/h1-11,20,22H,12-14H2/t20-,22-/m0/s1. The number of aromatic nitrogens is 1. The summed E-state index contributed by atoms with van der Waals surface area (Å²) in [5.74, 6) is -0.322. The Hall–Kier alpha value is -2.57. The molecular weight excluding hydrogens is 375 g/mol. The van der Waals surface area contributed by atoms with Crippen LogP contribution in [0.25, 0.3) is 11.1 Å². The van der Waals surface area contributed by atoms with E-state index >= 15 is 0 Å². The van der Waals surface area contributed by atoms with Crippen LogP contribution in [-0.4, -0.2) is 36.6 Å². The summed E-state index contributed by atoms with van der Waals surface area (Å²) >= 11 is 0. The highest BCUT2D eigenvalue weighted by molar-refractivity contribution is 7.92. The van der Waals surface area contributed by atoms with Crippen LogP contribution in [0.4, 0.5) is 4.39 Å². The van der Waals surface area contributed by atoms with E-state index in [0.717, 1.165) is 22.4 Å². The molecule has 6 heteroatoms. The number of benzene rings is 2. The molecule has 2 aliphatic heterocycles. The lowest BCUT2D eigenvalue weighted by molar-refractivity contribution is 0.321. The molecule has 0 spiro atoms. The minimum Gasteiger partial charge on any atom is -0.296 e. The number of halogens is 1. The molecule has 2 atom stereocenters. The van der Waals surface area contributed by atoms with Crippen molar-refractivity contribution in [2.75, 3.05) is 13.1 Å². The molecule has 1 aromatic heterocycles. The highest BCUT2D eigenvalue weighted by atomic mass is 32.2. The Kier molecular flexibility index (Phi) is 4.07. The molecule has 0 unspecified atom stereocenters. The van der Waals surface area contributed by atoms with Crippen LogP contribution in [0.15, 0.2) is 71.8 Å². The molecule has 0 bridgehead atoms. The maximum absolute atomic E-state index is 13.2. The van der Waals surface area contributed by atoms with Gasteiger partial charge in [-0.05, 0) is 53.1 Å². The largest absolute Gasteiger partial charge is 0.296 e. The van der Waals surface area contributed by atoms with Gasteiger partial charge in [0, 0.05) is 31.7 Å². The maximum Gasteiger partial charge on any atom is 0.183 e. The van der Waals surface area contributed by atoms with Gasteiger partial charge in [-0.1, -0.05) is 24.3 Å². The van der Waals surface area contributed by atoms with E-state index < -0.39 is 15.1 Å². The van der Waals surface area contributed by atoms with Crippen molar-refractivity contribution in [1.29, 1.82) is 0 Å². The topological polar surface area (TPSA) is 50.3 Å². The van der Waals surface area contributed by atoms with Gasteiger partial charge >= 0.3 is 0 Å². The van der Waals surface area contributed by atoms with Crippen molar-refractivity contribution >= 4 is 9.84 Å². The molecule has 0 radical (unpaired) electrons. The van der Waals surface area contributed by atoms with Crippen molar-refractivity contribution in [2.24, 2.45) is 0 Å². The van der Waals surface area contributed by atoms with Crippen molar-refractivity contribution in [3.63, 3.8) is 0 Å². The third-order valence-electron chi connectivity index (χ3n) is 5.75. The van der Waals surface area contributed by atoms with E-state index in [9.17, 15) is 12.8 Å². The van der Waals surface area contributed by atoms with E-state index in [2.05, 4.69) is 9.88 Å². The molecule has 1 saturated heterocycles. The third kappa shape index (κ3) is 2.84. The highest BCUT2D eigenvalue weighted by Crippen LogP contribution is 2.46. The Labute approximate surface area is 163 Å². The van der Waals surface area contributed by atoms with Gasteiger partial charge in [0.15, 0.2) is 9.84 Å². The van der Waals surface area contributed by atoms with Crippen LogP contribution >= 0.6 is 0 Å². The second-order valence-electron chi connectivity index (χ2n) is 7.46. The first-order valence-corrected chi connectivity index (χ1v) is 10.8. The van der Waals surface area contributed by atoms with Crippen LogP contribution < -0.4 is 0 Å². The molecule has 3 aromatic rings. The van der Waals surface area contributed by atoms with Crippen LogP contribution in [0.5, 0.6) is 0 Å². The number of hydrogen-bond acceptors (Lipinski definition) is 4. The second-order valence-corrected chi connectivity index (χ2v) is 9.60. The first-order valence-electron chi connectivity index (χ1n) is 9.28. The summed E-state index contributed by atoms with van der Waals surface area (Å²) in [6.45, 7) is 1.86. The molecule has 0 N–H and O–H groups in total. The summed E-state index contributed by atoms with van der Waals surface area (Å²) in [6.07, 6.45) is 1.76. The SMILES string of the molecule is O=S1(=O)c2ccc(-c3ccc(F)cc3)cc2[C@@H]2CN(Cc3ccccn3)C[C@@H]21. The number of rotatable bonds is 3. The van der Waals surface area contributed by atoms with Crippen LogP contribution in [0.2, 0.25) is 0 Å². The van der Waals surface area contributed by atoms with Crippen LogP contribution in [0.1, 0.15) is 17.2 Å². The average Bonchev–Trinajstić information content (AvgIpc) is 3.21. The lowest BCUT2D eigenvalue weighted by Gasteiger charge is -2.17. The second kappa shape index (κ2) is 6.50. The summed E-state index contributed by atoms with van der Waals surface area (Å²) in [4.78, 5) is 6.98. The molecule has 0 aliphatic carbocycles. The van der Waals surface area contributed by atoms with Gasteiger partial charge < -0.3 is 0 Å². The van der Waals surface area contributed by atoms with E-state index in [1.165, 1.54) is 12.1 Å². The van der Waals surface area contributed by atoms with Gasteiger partial charge in [-0.2, -0.15) is 0 Å². The summed E-state index contributed by atoms with van der Waals surface area (Å²) in [6, 6.07) is 17.6. The summed E-state index contributed by atoms with van der Waals surface area (Å²) in [5, 5.41) is -0.408. The van der Waals surface area contributed by atoms with E-state index in [4.69, 9.17) is 0 Å². The van der Waals surface area contributed by atoms with Crippen molar-refractivity contribution in [2.45, 2.75) is 22.6 Å². The van der Waals surface area contributed by atoms with E-state index in [1.54, 1.807) is 24.4 Å². The lowest BCUT2D eigenvalue weighted by atomic mass is 9.94. The minimum atomic E-state index is -3.34. The summed E-state index contributed by atoms with van der Waals surface area (Å²) < 4.78 is 39.4. The molecule has 0 amide bonds. The van der Waals surface area contributed by atoms with Crippen molar-refractivity contribution in [3.05, 3.63) is 83.9 Å². The van der Waals surface area contributed by atoms with Crippen LogP contribution in [0, 0.1) is 5.82 Å². The first-order chi connectivity index (χ1) is 13.5. The van der Waals surface area contributed by atoms with Gasteiger partial charge in [-0.15, -0.1) is 0 Å². The van der Waals surface area contributed by atoms with E-state index in [0.29, 0.717) is 24.5 Å². The normalized spacial score (nSPS) is 22.8. The minimum absolute atomic E-state index is 0.0379. The molecular formula is C22H19FN2O2S. The zero-order valence-corrected chi connectivity index (χ0v) is 15.9. The summed E-state index contributed by atoms with van der Waals surface area (Å²) in [7, 11) is -3.34. The highest BCUT2D eigenvalue weighted by Gasteiger charge is 2.50. The summed E-state index contributed by atoms with van der Waals surface area (Å²) in [5.41, 5.74) is 3.63. The van der Waals surface area contributed by atoms with Gasteiger partial charge in [0.25, 0.3) is 0 Å². The smallest absolute Gasteiger partial charge is 0.183 e. The molecule has 142 valence electrons. The Morgan fingerprint density at radius 3 is 2.54 bits per heavy atom. The molecule has 0 saturated carbocycles. The van der Waals surface area contributed by atoms with Crippen molar-refractivity contribution in [1.82, 2.24) is 9.88 Å².